The van der Waals surface area contributed by atoms with E-state index in [4.69, 9.17) is 9.47 Å². The number of morpholine rings is 1. The number of amides is 1. The van der Waals surface area contributed by atoms with Crippen LogP contribution in [0.25, 0.3) is 5.69 Å². The fourth-order valence-electron chi connectivity index (χ4n) is 2.05. The summed E-state index contributed by atoms with van der Waals surface area (Å²) >= 11 is 0. The summed E-state index contributed by atoms with van der Waals surface area (Å²) in [7, 11) is 0. The van der Waals surface area contributed by atoms with E-state index in [1.807, 2.05) is 30.3 Å². The van der Waals surface area contributed by atoms with Crippen LogP contribution in [0.1, 0.15) is 0 Å². The Kier molecular flexibility index (Phi) is 4.11. The first-order valence-electron chi connectivity index (χ1n) is 6.78. The number of carbonyl (C=O) groups excluding carboxylic acids is 1. The van der Waals surface area contributed by atoms with E-state index in [1.54, 1.807) is 15.9 Å². The molecule has 0 N–H and O–H groups in total. The molecule has 21 heavy (non-hydrogen) atoms. The van der Waals surface area contributed by atoms with Crippen LogP contribution >= 0.6 is 0 Å². The van der Waals surface area contributed by atoms with Crippen molar-refractivity contribution in [1.82, 2.24) is 19.7 Å². The molecule has 7 nitrogen and oxygen atoms in total. The lowest BCUT2D eigenvalue weighted by atomic mass is 10.3. The topological polar surface area (TPSA) is 69.5 Å². The minimum atomic E-state index is -0.0747. The van der Waals surface area contributed by atoms with Crippen LogP contribution in [0.2, 0.25) is 0 Å². The standard InChI is InChI=1S/C14H16N4O3/c19-13(17-6-8-20-9-7-17)10-21-14-15-11-18(16-14)12-4-2-1-3-5-12/h1-5,11H,6-10H2. The predicted octanol–water partition coefficient (Wildman–Crippen LogP) is 0.505. The average molecular weight is 288 g/mol. The van der Waals surface area contributed by atoms with Gasteiger partial charge in [-0.3, -0.25) is 4.79 Å². The molecule has 7 heteroatoms. The molecule has 1 aromatic heterocycles. The third-order valence-corrected chi connectivity index (χ3v) is 3.18. The van der Waals surface area contributed by atoms with Gasteiger partial charge in [-0.1, -0.05) is 18.2 Å². The molecule has 2 aromatic rings. The third kappa shape index (κ3) is 3.38. The third-order valence-electron chi connectivity index (χ3n) is 3.18. The van der Waals surface area contributed by atoms with E-state index in [0.717, 1.165) is 5.69 Å². The number of hydrogen-bond acceptors (Lipinski definition) is 5. The molecule has 1 saturated heterocycles. The molecule has 0 bridgehead atoms. The number of carbonyl (C=O) groups is 1. The Morgan fingerprint density at radius 1 is 1.24 bits per heavy atom. The number of hydrogen-bond donors (Lipinski definition) is 0. The van der Waals surface area contributed by atoms with Crippen LogP contribution in [0.5, 0.6) is 6.01 Å². The second-order valence-electron chi connectivity index (χ2n) is 4.59. The average Bonchev–Trinajstić information content (AvgIpc) is 3.03. The first-order valence-corrected chi connectivity index (χ1v) is 6.78. The lowest BCUT2D eigenvalue weighted by molar-refractivity contribution is -0.137. The van der Waals surface area contributed by atoms with Crippen LogP contribution in [0.15, 0.2) is 36.7 Å². The Hall–Kier alpha value is -2.41. The highest BCUT2D eigenvalue weighted by Crippen LogP contribution is 2.08. The van der Waals surface area contributed by atoms with Crippen molar-refractivity contribution in [2.24, 2.45) is 0 Å². The monoisotopic (exact) mass is 288 g/mol. The molecule has 1 aliphatic heterocycles. The molecule has 0 spiro atoms. The smallest absolute Gasteiger partial charge is 0.336 e. The second kappa shape index (κ2) is 6.36. The SMILES string of the molecule is O=C(COc1ncn(-c2ccccc2)n1)N1CCOCC1. The fraction of sp³-hybridized carbons (Fsp3) is 0.357. The normalized spacial score (nSPS) is 15.0. The highest BCUT2D eigenvalue weighted by atomic mass is 16.5. The molecule has 1 aliphatic rings. The van der Waals surface area contributed by atoms with Crippen molar-refractivity contribution in [3.8, 4) is 11.7 Å². The Bertz CT molecular complexity index is 593. The van der Waals surface area contributed by atoms with Crippen LogP contribution < -0.4 is 4.74 Å². The summed E-state index contributed by atoms with van der Waals surface area (Å²) in [6, 6.07) is 9.78. The lowest BCUT2D eigenvalue weighted by Crippen LogP contribution is -2.43. The van der Waals surface area contributed by atoms with Crippen LogP contribution in [0.3, 0.4) is 0 Å². The Morgan fingerprint density at radius 3 is 2.76 bits per heavy atom. The Morgan fingerprint density at radius 2 is 2.00 bits per heavy atom. The summed E-state index contributed by atoms with van der Waals surface area (Å²) in [6.07, 6.45) is 1.56. The van der Waals surface area contributed by atoms with Gasteiger partial charge in [0.25, 0.3) is 5.91 Å². The van der Waals surface area contributed by atoms with Crippen LogP contribution in [0.4, 0.5) is 0 Å². The van der Waals surface area contributed by atoms with Gasteiger partial charge in [0.1, 0.15) is 6.33 Å². The maximum absolute atomic E-state index is 11.9. The Labute approximate surface area is 122 Å². The molecule has 0 atom stereocenters. The summed E-state index contributed by atoms with van der Waals surface area (Å²) in [4.78, 5) is 17.7. The minimum Gasteiger partial charge on any atom is -0.452 e. The lowest BCUT2D eigenvalue weighted by Gasteiger charge is -2.26. The van der Waals surface area contributed by atoms with Crippen molar-refractivity contribution < 1.29 is 14.3 Å². The summed E-state index contributed by atoms with van der Waals surface area (Å²) in [5.74, 6) is -0.0747. The molecule has 0 unspecified atom stereocenters. The first-order chi connectivity index (χ1) is 10.3. The maximum Gasteiger partial charge on any atom is 0.336 e. The van der Waals surface area contributed by atoms with Gasteiger partial charge in [0, 0.05) is 13.1 Å². The molecule has 3 rings (SSSR count). The first kappa shape index (κ1) is 13.6. The molecule has 1 aromatic carbocycles. The van der Waals surface area contributed by atoms with E-state index in [0.29, 0.717) is 26.3 Å². The maximum atomic E-state index is 11.9. The highest BCUT2D eigenvalue weighted by molar-refractivity contribution is 5.77. The van der Waals surface area contributed by atoms with Gasteiger partial charge in [0.05, 0.1) is 18.9 Å². The zero-order chi connectivity index (χ0) is 14.5. The quantitative estimate of drug-likeness (QED) is 0.819. The molecule has 110 valence electrons. The highest BCUT2D eigenvalue weighted by Gasteiger charge is 2.17. The predicted molar refractivity (Wildman–Crippen MR) is 74.3 cm³/mol. The number of benzene rings is 1. The summed E-state index contributed by atoms with van der Waals surface area (Å²) in [5.41, 5.74) is 0.888. The van der Waals surface area contributed by atoms with Crippen LogP contribution in [0, 0.1) is 0 Å². The number of rotatable bonds is 4. The zero-order valence-corrected chi connectivity index (χ0v) is 11.5. The summed E-state index contributed by atoms with van der Waals surface area (Å²) in [5, 5.41) is 4.19. The molecule has 0 radical (unpaired) electrons. The minimum absolute atomic E-state index is 0.0567. The van der Waals surface area contributed by atoms with Crippen molar-refractivity contribution in [3.63, 3.8) is 0 Å². The van der Waals surface area contributed by atoms with Crippen molar-refractivity contribution in [2.45, 2.75) is 0 Å². The van der Waals surface area contributed by atoms with E-state index < -0.39 is 0 Å². The molecule has 0 saturated carbocycles. The van der Waals surface area contributed by atoms with Gasteiger partial charge in [-0.2, -0.15) is 4.98 Å². The summed E-state index contributed by atoms with van der Waals surface area (Å²) < 4.78 is 12.2. The molecule has 2 heterocycles. The van der Waals surface area contributed by atoms with Crippen molar-refractivity contribution in [3.05, 3.63) is 36.7 Å². The molecular formula is C14H16N4O3. The second-order valence-corrected chi connectivity index (χ2v) is 4.59. The Balaban J connectivity index is 1.56. The van der Waals surface area contributed by atoms with Gasteiger partial charge in [-0.25, -0.2) is 4.68 Å². The number of aromatic nitrogens is 3. The van der Waals surface area contributed by atoms with Gasteiger partial charge in [0.15, 0.2) is 6.61 Å². The van der Waals surface area contributed by atoms with E-state index in [1.165, 1.54) is 0 Å². The van der Waals surface area contributed by atoms with Gasteiger partial charge in [-0.05, 0) is 12.1 Å². The van der Waals surface area contributed by atoms with E-state index in [-0.39, 0.29) is 18.5 Å². The molecule has 0 aliphatic carbocycles. The van der Waals surface area contributed by atoms with E-state index >= 15 is 0 Å². The summed E-state index contributed by atoms with van der Waals surface area (Å²) in [6.45, 7) is 2.31. The van der Waals surface area contributed by atoms with Crippen LogP contribution in [-0.2, 0) is 9.53 Å². The fourth-order valence-corrected chi connectivity index (χ4v) is 2.05. The largest absolute Gasteiger partial charge is 0.452 e. The van der Waals surface area contributed by atoms with Crippen molar-refractivity contribution in [1.29, 1.82) is 0 Å². The van der Waals surface area contributed by atoms with Gasteiger partial charge >= 0.3 is 6.01 Å². The molecule has 1 fully saturated rings. The van der Waals surface area contributed by atoms with E-state index in [2.05, 4.69) is 10.1 Å². The number of para-hydroxylation sites is 1. The zero-order valence-electron chi connectivity index (χ0n) is 11.5. The van der Waals surface area contributed by atoms with Gasteiger partial charge in [0.2, 0.25) is 0 Å². The number of nitrogens with zero attached hydrogens (tertiary/aromatic N) is 4. The van der Waals surface area contributed by atoms with Gasteiger partial charge < -0.3 is 14.4 Å². The van der Waals surface area contributed by atoms with Crippen molar-refractivity contribution in [2.75, 3.05) is 32.9 Å². The van der Waals surface area contributed by atoms with Crippen LogP contribution in [-0.4, -0.2) is 58.5 Å². The van der Waals surface area contributed by atoms with Crippen molar-refractivity contribution >= 4 is 5.91 Å². The number of ether oxygens (including phenoxy) is 2. The molecule has 1 amide bonds. The van der Waals surface area contributed by atoms with E-state index in [9.17, 15) is 4.79 Å². The molecular weight excluding hydrogens is 272 g/mol. The van der Waals surface area contributed by atoms with Gasteiger partial charge in [-0.15, -0.1) is 5.10 Å².